The van der Waals surface area contributed by atoms with Gasteiger partial charge in [-0.1, -0.05) is 13.3 Å². The molecule has 0 aromatic carbocycles. The highest BCUT2D eigenvalue weighted by atomic mass is 15.2. The minimum atomic E-state index is 0.417. The predicted molar refractivity (Wildman–Crippen MR) is 67.0 cm³/mol. The lowest BCUT2D eigenvalue weighted by Gasteiger charge is -2.39. The van der Waals surface area contributed by atoms with Crippen LogP contribution >= 0.6 is 0 Å². The quantitative estimate of drug-likeness (QED) is 0.759. The smallest absolute Gasteiger partial charge is 0.00697 e. The number of hydrogen-bond acceptors (Lipinski definition) is 2. The molecule has 2 N–H and O–H groups in total. The largest absolute Gasteiger partial charge is 0.328 e. The van der Waals surface area contributed by atoms with Crippen LogP contribution in [0.25, 0.3) is 0 Å². The van der Waals surface area contributed by atoms with E-state index in [9.17, 15) is 0 Å². The van der Waals surface area contributed by atoms with Crippen LogP contribution in [0, 0.1) is 0 Å². The fourth-order valence-electron chi connectivity index (χ4n) is 2.66. The van der Waals surface area contributed by atoms with Crippen molar-refractivity contribution in [3.05, 3.63) is 0 Å². The fraction of sp³-hybridized carbons (Fsp3) is 1.00. The number of hydrogen-bond donors (Lipinski definition) is 1. The summed E-state index contributed by atoms with van der Waals surface area (Å²) in [5, 5.41) is 0. The molecule has 1 unspecified atom stereocenters. The van der Waals surface area contributed by atoms with E-state index in [1.165, 1.54) is 38.6 Å². The van der Waals surface area contributed by atoms with E-state index >= 15 is 0 Å². The first-order chi connectivity index (χ1) is 7.15. The third-order valence-electron chi connectivity index (χ3n) is 3.89. The second-order valence-electron chi connectivity index (χ2n) is 5.18. The maximum absolute atomic E-state index is 5.94. The van der Waals surface area contributed by atoms with Crippen molar-refractivity contribution in [3.8, 4) is 0 Å². The van der Waals surface area contributed by atoms with E-state index in [1.807, 2.05) is 0 Å². The molecule has 2 heteroatoms. The number of nitrogens with two attached hydrogens (primary N) is 1. The van der Waals surface area contributed by atoms with Crippen molar-refractivity contribution in [1.29, 1.82) is 0 Å². The highest BCUT2D eigenvalue weighted by molar-refractivity contribution is 4.79. The Balaban J connectivity index is 2.23. The van der Waals surface area contributed by atoms with Crippen LogP contribution in [0.4, 0.5) is 0 Å². The normalized spacial score (nSPS) is 30.4. The molecule has 0 aromatic rings. The van der Waals surface area contributed by atoms with Gasteiger partial charge < -0.3 is 5.73 Å². The van der Waals surface area contributed by atoms with Crippen molar-refractivity contribution < 1.29 is 0 Å². The van der Waals surface area contributed by atoms with Gasteiger partial charge in [-0.15, -0.1) is 0 Å². The minimum Gasteiger partial charge on any atom is -0.328 e. The van der Waals surface area contributed by atoms with Crippen molar-refractivity contribution in [2.75, 3.05) is 6.54 Å². The van der Waals surface area contributed by atoms with Crippen LogP contribution in [0.3, 0.4) is 0 Å². The van der Waals surface area contributed by atoms with Crippen molar-refractivity contribution in [3.63, 3.8) is 0 Å². The molecule has 1 rings (SSSR count). The van der Waals surface area contributed by atoms with Gasteiger partial charge in [0.2, 0.25) is 0 Å². The molecule has 90 valence electrons. The zero-order chi connectivity index (χ0) is 11.3. The van der Waals surface area contributed by atoms with Crippen LogP contribution in [0.15, 0.2) is 0 Å². The SMILES string of the molecule is CCC(N)CCCN1[C@H](C)CCC[C@@H]1C. The lowest BCUT2D eigenvalue weighted by Crippen LogP contribution is -2.44. The Hall–Kier alpha value is -0.0800. The average Bonchev–Trinajstić information content (AvgIpc) is 2.22. The van der Waals surface area contributed by atoms with Gasteiger partial charge in [0.25, 0.3) is 0 Å². The third kappa shape index (κ3) is 4.12. The lowest BCUT2D eigenvalue weighted by atomic mass is 9.97. The highest BCUT2D eigenvalue weighted by Gasteiger charge is 2.23. The predicted octanol–water partition coefficient (Wildman–Crippen LogP) is 2.77. The first-order valence-electron chi connectivity index (χ1n) is 6.66. The molecule has 1 fully saturated rings. The van der Waals surface area contributed by atoms with Gasteiger partial charge >= 0.3 is 0 Å². The van der Waals surface area contributed by atoms with E-state index in [1.54, 1.807) is 0 Å². The van der Waals surface area contributed by atoms with Crippen LogP contribution in [0.2, 0.25) is 0 Å². The third-order valence-corrected chi connectivity index (χ3v) is 3.89. The van der Waals surface area contributed by atoms with E-state index in [0.717, 1.165) is 18.5 Å². The van der Waals surface area contributed by atoms with E-state index < -0.39 is 0 Å². The van der Waals surface area contributed by atoms with E-state index in [-0.39, 0.29) is 0 Å². The second kappa shape index (κ2) is 6.49. The standard InChI is InChI=1S/C13H28N2/c1-4-13(14)9-6-10-15-11(2)7-5-8-12(15)3/h11-13H,4-10,14H2,1-3H3/t11-,12+,13?. The summed E-state index contributed by atoms with van der Waals surface area (Å²) in [6.45, 7) is 8.16. The molecule has 1 heterocycles. The number of rotatable bonds is 5. The summed E-state index contributed by atoms with van der Waals surface area (Å²) in [7, 11) is 0. The molecule has 1 saturated heterocycles. The van der Waals surface area contributed by atoms with Crippen LogP contribution in [-0.4, -0.2) is 29.6 Å². The van der Waals surface area contributed by atoms with Gasteiger partial charge in [-0.25, -0.2) is 0 Å². The zero-order valence-corrected chi connectivity index (χ0v) is 10.7. The van der Waals surface area contributed by atoms with Crippen molar-refractivity contribution in [2.24, 2.45) is 5.73 Å². The summed E-state index contributed by atoms with van der Waals surface area (Å²) in [4.78, 5) is 2.67. The molecular formula is C13H28N2. The van der Waals surface area contributed by atoms with Gasteiger partial charge in [-0.3, -0.25) is 4.90 Å². The summed E-state index contributed by atoms with van der Waals surface area (Å²) in [5.74, 6) is 0. The van der Waals surface area contributed by atoms with Crippen LogP contribution < -0.4 is 5.73 Å². The minimum absolute atomic E-state index is 0.417. The van der Waals surface area contributed by atoms with Gasteiger partial charge in [-0.05, 0) is 52.5 Å². The Bertz CT molecular complexity index is 160. The zero-order valence-electron chi connectivity index (χ0n) is 10.7. The fourth-order valence-corrected chi connectivity index (χ4v) is 2.66. The molecule has 3 atom stereocenters. The molecule has 0 spiro atoms. The number of nitrogens with zero attached hydrogens (tertiary/aromatic N) is 1. The number of likely N-dealkylation sites (tertiary alicyclic amines) is 1. The van der Waals surface area contributed by atoms with Crippen molar-refractivity contribution >= 4 is 0 Å². The maximum atomic E-state index is 5.94. The Kier molecular flexibility index (Phi) is 5.62. The first-order valence-corrected chi connectivity index (χ1v) is 6.66. The van der Waals surface area contributed by atoms with Gasteiger partial charge in [-0.2, -0.15) is 0 Å². The van der Waals surface area contributed by atoms with Gasteiger partial charge in [0.1, 0.15) is 0 Å². The molecule has 0 saturated carbocycles. The Morgan fingerprint density at radius 1 is 1.27 bits per heavy atom. The van der Waals surface area contributed by atoms with E-state index in [0.29, 0.717) is 6.04 Å². The first kappa shape index (κ1) is 13.0. The molecule has 0 aromatic heterocycles. The molecular weight excluding hydrogens is 184 g/mol. The van der Waals surface area contributed by atoms with Crippen molar-refractivity contribution in [1.82, 2.24) is 4.90 Å². The number of piperidine rings is 1. The molecule has 15 heavy (non-hydrogen) atoms. The topological polar surface area (TPSA) is 29.3 Å². The summed E-state index contributed by atoms with van der Waals surface area (Å²) in [5.41, 5.74) is 5.94. The molecule has 0 aliphatic carbocycles. The Labute approximate surface area is 95.2 Å². The molecule has 1 aliphatic heterocycles. The molecule has 2 nitrogen and oxygen atoms in total. The van der Waals surface area contributed by atoms with E-state index in [2.05, 4.69) is 25.7 Å². The molecule has 0 radical (unpaired) electrons. The molecule has 1 aliphatic rings. The van der Waals surface area contributed by atoms with Gasteiger partial charge in [0.15, 0.2) is 0 Å². The maximum Gasteiger partial charge on any atom is 0.00697 e. The van der Waals surface area contributed by atoms with Gasteiger partial charge in [0, 0.05) is 18.1 Å². The molecule has 0 bridgehead atoms. The van der Waals surface area contributed by atoms with Crippen LogP contribution in [-0.2, 0) is 0 Å². The average molecular weight is 212 g/mol. The second-order valence-corrected chi connectivity index (χ2v) is 5.18. The van der Waals surface area contributed by atoms with Gasteiger partial charge in [0.05, 0.1) is 0 Å². The van der Waals surface area contributed by atoms with E-state index in [4.69, 9.17) is 5.73 Å². The Morgan fingerprint density at radius 3 is 2.40 bits per heavy atom. The monoisotopic (exact) mass is 212 g/mol. The molecule has 0 amide bonds. The van der Waals surface area contributed by atoms with Crippen LogP contribution in [0.1, 0.15) is 59.3 Å². The lowest BCUT2D eigenvalue weighted by molar-refractivity contribution is 0.101. The summed E-state index contributed by atoms with van der Waals surface area (Å²) >= 11 is 0. The highest BCUT2D eigenvalue weighted by Crippen LogP contribution is 2.22. The summed E-state index contributed by atoms with van der Waals surface area (Å²) in [6, 6.07) is 1.98. The summed E-state index contributed by atoms with van der Waals surface area (Å²) in [6.07, 6.45) is 7.74. The Morgan fingerprint density at radius 2 is 1.87 bits per heavy atom. The van der Waals surface area contributed by atoms with Crippen LogP contribution in [0.5, 0.6) is 0 Å². The summed E-state index contributed by atoms with van der Waals surface area (Å²) < 4.78 is 0. The van der Waals surface area contributed by atoms with Crippen molar-refractivity contribution in [2.45, 2.75) is 77.4 Å².